The van der Waals surface area contributed by atoms with Crippen LogP contribution in [0.1, 0.15) is 51.9 Å². The SMILES string of the molecule is CCCNCC1CCOC2(CCCC2)C1. The fraction of sp³-hybridized carbons (Fsp3) is 1.00. The molecule has 1 saturated carbocycles. The predicted octanol–water partition coefficient (Wildman–Crippen LogP) is 2.73. The minimum Gasteiger partial charge on any atom is -0.375 e. The van der Waals surface area contributed by atoms with Crippen molar-refractivity contribution in [2.75, 3.05) is 19.7 Å². The van der Waals surface area contributed by atoms with Crippen LogP contribution in [0, 0.1) is 5.92 Å². The molecule has 1 spiro atoms. The van der Waals surface area contributed by atoms with Gasteiger partial charge in [0.05, 0.1) is 5.60 Å². The summed E-state index contributed by atoms with van der Waals surface area (Å²) in [6.45, 7) is 5.61. The van der Waals surface area contributed by atoms with E-state index in [-0.39, 0.29) is 0 Å². The first-order valence-corrected chi connectivity index (χ1v) is 6.69. The molecule has 1 heterocycles. The first-order chi connectivity index (χ1) is 7.35. The monoisotopic (exact) mass is 211 g/mol. The van der Waals surface area contributed by atoms with Gasteiger partial charge in [0.25, 0.3) is 0 Å². The Kier molecular flexibility index (Phi) is 4.04. The summed E-state index contributed by atoms with van der Waals surface area (Å²) in [4.78, 5) is 0. The second-order valence-corrected chi connectivity index (χ2v) is 5.30. The van der Waals surface area contributed by atoms with E-state index in [4.69, 9.17) is 4.74 Å². The van der Waals surface area contributed by atoms with Gasteiger partial charge < -0.3 is 10.1 Å². The lowest BCUT2D eigenvalue weighted by atomic mass is 9.84. The zero-order valence-electron chi connectivity index (χ0n) is 10.1. The molecule has 1 atom stereocenters. The van der Waals surface area contributed by atoms with Crippen molar-refractivity contribution in [2.24, 2.45) is 5.92 Å². The quantitative estimate of drug-likeness (QED) is 0.722. The van der Waals surface area contributed by atoms with Crippen molar-refractivity contribution >= 4 is 0 Å². The molecule has 2 aliphatic rings. The van der Waals surface area contributed by atoms with E-state index in [2.05, 4.69) is 12.2 Å². The van der Waals surface area contributed by atoms with Crippen LogP contribution in [0.5, 0.6) is 0 Å². The van der Waals surface area contributed by atoms with Crippen LogP contribution in [-0.4, -0.2) is 25.3 Å². The lowest BCUT2D eigenvalue weighted by Gasteiger charge is -2.38. The summed E-state index contributed by atoms with van der Waals surface area (Å²) < 4.78 is 6.04. The minimum absolute atomic E-state index is 0.302. The Hall–Kier alpha value is -0.0800. The Balaban J connectivity index is 1.76. The molecule has 0 radical (unpaired) electrons. The smallest absolute Gasteiger partial charge is 0.0685 e. The van der Waals surface area contributed by atoms with Gasteiger partial charge >= 0.3 is 0 Å². The molecule has 0 amide bonds. The molecular formula is C13H25NO. The van der Waals surface area contributed by atoms with Gasteiger partial charge in [-0.05, 0) is 51.1 Å². The zero-order chi connectivity index (χ0) is 10.6. The maximum Gasteiger partial charge on any atom is 0.0685 e. The van der Waals surface area contributed by atoms with Gasteiger partial charge in [0, 0.05) is 6.61 Å². The summed E-state index contributed by atoms with van der Waals surface area (Å²) in [6, 6.07) is 0. The lowest BCUT2D eigenvalue weighted by Crippen LogP contribution is -2.40. The maximum atomic E-state index is 6.04. The molecule has 0 bridgehead atoms. The number of rotatable bonds is 4. The highest BCUT2D eigenvalue weighted by Gasteiger charge is 2.39. The van der Waals surface area contributed by atoms with Crippen LogP contribution in [-0.2, 0) is 4.74 Å². The number of hydrogen-bond acceptors (Lipinski definition) is 2. The highest BCUT2D eigenvalue weighted by Crippen LogP contribution is 2.41. The molecule has 0 aromatic rings. The molecule has 2 fully saturated rings. The van der Waals surface area contributed by atoms with Gasteiger partial charge in [-0.25, -0.2) is 0 Å². The van der Waals surface area contributed by atoms with E-state index in [0.717, 1.165) is 12.5 Å². The fourth-order valence-corrected chi connectivity index (χ4v) is 3.15. The van der Waals surface area contributed by atoms with Gasteiger partial charge in [0.2, 0.25) is 0 Å². The Morgan fingerprint density at radius 3 is 2.87 bits per heavy atom. The molecule has 1 N–H and O–H groups in total. The van der Waals surface area contributed by atoms with Crippen LogP contribution >= 0.6 is 0 Å². The van der Waals surface area contributed by atoms with Crippen molar-refractivity contribution in [1.29, 1.82) is 0 Å². The molecule has 1 unspecified atom stereocenters. The number of ether oxygens (including phenoxy) is 1. The van der Waals surface area contributed by atoms with E-state index < -0.39 is 0 Å². The van der Waals surface area contributed by atoms with Crippen molar-refractivity contribution in [2.45, 2.75) is 57.5 Å². The van der Waals surface area contributed by atoms with E-state index in [9.17, 15) is 0 Å². The molecular weight excluding hydrogens is 186 g/mol. The van der Waals surface area contributed by atoms with E-state index in [1.807, 2.05) is 0 Å². The molecule has 88 valence electrons. The second kappa shape index (κ2) is 5.31. The van der Waals surface area contributed by atoms with Crippen LogP contribution in [0.4, 0.5) is 0 Å². The van der Waals surface area contributed by atoms with Gasteiger partial charge in [0.15, 0.2) is 0 Å². The molecule has 2 rings (SSSR count). The molecule has 1 aliphatic carbocycles. The van der Waals surface area contributed by atoms with E-state index in [0.29, 0.717) is 5.60 Å². The second-order valence-electron chi connectivity index (χ2n) is 5.30. The standard InChI is InChI=1S/C13H25NO/c1-2-8-14-11-12-5-9-15-13(10-12)6-3-4-7-13/h12,14H,2-11H2,1H3. The third kappa shape index (κ3) is 2.94. The van der Waals surface area contributed by atoms with Crippen LogP contribution < -0.4 is 5.32 Å². The van der Waals surface area contributed by atoms with Crippen LogP contribution in [0.25, 0.3) is 0 Å². The predicted molar refractivity (Wildman–Crippen MR) is 63.0 cm³/mol. The van der Waals surface area contributed by atoms with Crippen molar-refractivity contribution in [3.8, 4) is 0 Å². The highest BCUT2D eigenvalue weighted by atomic mass is 16.5. The Bertz CT molecular complexity index is 187. The van der Waals surface area contributed by atoms with E-state index >= 15 is 0 Å². The van der Waals surface area contributed by atoms with Gasteiger partial charge in [-0.2, -0.15) is 0 Å². The largest absolute Gasteiger partial charge is 0.375 e. The molecule has 0 aromatic carbocycles. The van der Waals surface area contributed by atoms with Crippen LogP contribution in [0.15, 0.2) is 0 Å². The summed E-state index contributed by atoms with van der Waals surface area (Å²) in [7, 11) is 0. The lowest BCUT2D eigenvalue weighted by molar-refractivity contribution is -0.0920. The normalized spacial score (nSPS) is 29.8. The van der Waals surface area contributed by atoms with Crippen molar-refractivity contribution in [3.63, 3.8) is 0 Å². The molecule has 2 heteroatoms. The topological polar surface area (TPSA) is 21.3 Å². The van der Waals surface area contributed by atoms with Gasteiger partial charge in [-0.15, -0.1) is 0 Å². The molecule has 1 aliphatic heterocycles. The number of hydrogen-bond donors (Lipinski definition) is 1. The minimum atomic E-state index is 0.302. The molecule has 1 saturated heterocycles. The van der Waals surface area contributed by atoms with Crippen molar-refractivity contribution in [3.05, 3.63) is 0 Å². The third-order valence-corrected chi connectivity index (χ3v) is 3.97. The summed E-state index contributed by atoms with van der Waals surface area (Å²) >= 11 is 0. The average molecular weight is 211 g/mol. The summed E-state index contributed by atoms with van der Waals surface area (Å²) in [5, 5.41) is 3.56. The summed E-state index contributed by atoms with van der Waals surface area (Å²) in [5.41, 5.74) is 0.302. The van der Waals surface area contributed by atoms with Gasteiger partial charge in [-0.3, -0.25) is 0 Å². The van der Waals surface area contributed by atoms with Crippen LogP contribution in [0.2, 0.25) is 0 Å². The van der Waals surface area contributed by atoms with Crippen molar-refractivity contribution < 1.29 is 4.74 Å². The summed E-state index contributed by atoms with van der Waals surface area (Å²) in [5.74, 6) is 0.864. The molecule has 0 aromatic heterocycles. The van der Waals surface area contributed by atoms with E-state index in [1.54, 1.807) is 0 Å². The maximum absolute atomic E-state index is 6.04. The van der Waals surface area contributed by atoms with Crippen molar-refractivity contribution in [1.82, 2.24) is 5.32 Å². The fourth-order valence-electron chi connectivity index (χ4n) is 3.15. The van der Waals surface area contributed by atoms with Gasteiger partial charge in [-0.1, -0.05) is 19.8 Å². The summed E-state index contributed by atoms with van der Waals surface area (Å²) in [6.07, 6.45) is 9.22. The average Bonchev–Trinajstić information content (AvgIpc) is 2.67. The molecule has 2 nitrogen and oxygen atoms in total. The van der Waals surface area contributed by atoms with E-state index in [1.165, 1.54) is 58.0 Å². The first kappa shape index (κ1) is 11.4. The van der Waals surface area contributed by atoms with Gasteiger partial charge in [0.1, 0.15) is 0 Å². The Morgan fingerprint density at radius 2 is 2.13 bits per heavy atom. The molecule has 15 heavy (non-hydrogen) atoms. The van der Waals surface area contributed by atoms with Crippen LogP contribution in [0.3, 0.4) is 0 Å². The Morgan fingerprint density at radius 1 is 1.33 bits per heavy atom. The highest BCUT2D eigenvalue weighted by molar-refractivity contribution is 4.91. The number of nitrogens with one attached hydrogen (secondary N) is 1. The third-order valence-electron chi connectivity index (χ3n) is 3.97. The zero-order valence-corrected chi connectivity index (χ0v) is 10.1. The first-order valence-electron chi connectivity index (χ1n) is 6.69. The Labute approximate surface area is 93.8 Å².